The van der Waals surface area contributed by atoms with Crippen molar-refractivity contribution in [2.24, 2.45) is 0 Å². The van der Waals surface area contributed by atoms with Crippen molar-refractivity contribution in [1.82, 2.24) is 9.97 Å². The van der Waals surface area contributed by atoms with Gasteiger partial charge >= 0.3 is 0 Å². The number of nitriles is 1. The number of fused-ring (bicyclic) bond motifs is 1. The van der Waals surface area contributed by atoms with E-state index in [4.69, 9.17) is 4.74 Å². The molecule has 2 aromatic carbocycles. The third kappa shape index (κ3) is 3.84. The number of anilines is 1. The molecule has 6 nitrogen and oxygen atoms in total. The molecular formula is C21H17BrN4O2. The summed E-state index contributed by atoms with van der Waals surface area (Å²) in [4.78, 5) is 21.8. The highest BCUT2D eigenvalue weighted by atomic mass is 79.9. The van der Waals surface area contributed by atoms with E-state index in [0.29, 0.717) is 16.5 Å². The summed E-state index contributed by atoms with van der Waals surface area (Å²) >= 11 is 3.35. The van der Waals surface area contributed by atoms with Crippen LogP contribution in [0.5, 0.6) is 0 Å². The minimum Gasteiger partial charge on any atom is -0.378 e. The number of benzene rings is 2. The monoisotopic (exact) mass is 436 g/mol. The third-order valence-corrected chi connectivity index (χ3v) is 5.12. The van der Waals surface area contributed by atoms with Crippen molar-refractivity contribution in [3.05, 3.63) is 68.7 Å². The van der Waals surface area contributed by atoms with Gasteiger partial charge in [0.25, 0.3) is 5.56 Å². The molecule has 0 unspecified atom stereocenters. The van der Waals surface area contributed by atoms with Crippen LogP contribution in [0.4, 0.5) is 5.69 Å². The predicted molar refractivity (Wildman–Crippen MR) is 113 cm³/mol. The molecule has 1 N–H and O–H groups in total. The summed E-state index contributed by atoms with van der Waals surface area (Å²) in [5.74, 6) is 0.263. The van der Waals surface area contributed by atoms with E-state index < -0.39 is 0 Å². The van der Waals surface area contributed by atoms with Gasteiger partial charge in [-0.15, -0.1) is 0 Å². The molecule has 1 aliphatic rings. The largest absolute Gasteiger partial charge is 0.378 e. The first kappa shape index (κ1) is 18.4. The second-order valence-electron chi connectivity index (χ2n) is 6.44. The number of hydrogen-bond donors (Lipinski definition) is 1. The summed E-state index contributed by atoms with van der Waals surface area (Å²) in [7, 11) is 0. The molecule has 0 spiro atoms. The number of morpholine rings is 1. The molecule has 0 atom stereocenters. The Hall–Kier alpha value is -2.95. The molecule has 2 heterocycles. The minimum absolute atomic E-state index is 0.263. The SMILES string of the molecule is N#C/C(=C\c1ccc(N2CCOCC2)cc1)c1nc2ccc(Br)cc2c(=O)[nH]1. The highest BCUT2D eigenvalue weighted by Gasteiger charge is 2.12. The van der Waals surface area contributed by atoms with Crippen molar-refractivity contribution in [3.63, 3.8) is 0 Å². The van der Waals surface area contributed by atoms with Gasteiger partial charge in [0, 0.05) is 23.2 Å². The van der Waals surface area contributed by atoms with Gasteiger partial charge in [-0.1, -0.05) is 28.1 Å². The van der Waals surface area contributed by atoms with Gasteiger partial charge < -0.3 is 14.6 Å². The molecule has 1 aliphatic heterocycles. The van der Waals surface area contributed by atoms with Crippen LogP contribution in [0.1, 0.15) is 11.4 Å². The molecule has 7 heteroatoms. The molecular weight excluding hydrogens is 420 g/mol. The van der Waals surface area contributed by atoms with Crippen LogP contribution in [0.2, 0.25) is 0 Å². The Balaban J connectivity index is 1.66. The third-order valence-electron chi connectivity index (χ3n) is 4.62. The lowest BCUT2D eigenvalue weighted by Gasteiger charge is -2.28. The Morgan fingerprint density at radius 1 is 1.21 bits per heavy atom. The van der Waals surface area contributed by atoms with Gasteiger partial charge in [-0.2, -0.15) is 5.26 Å². The van der Waals surface area contributed by atoms with Crippen LogP contribution in [0, 0.1) is 11.3 Å². The predicted octanol–water partition coefficient (Wildman–Crippen LogP) is 3.59. The molecule has 140 valence electrons. The van der Waals surface area contributed by atoms with Crippen LogP contribution in [0.25, 0.3) is 22.6 Å². The fourth-order valence-electron chi connectivity index (χ4n) is 3.16. The number of aromatic nitrogens is 2. The number of nitrogens with zero attached hydrogens (tertiary/aromatic N) is 3. The maximum Gasteiger partial charge on any atom is 0.259 e. The van der Waals surface area contributed by atoms with Gasteiger partial charge in [-0.25, -0.2) is 4.98 Å². The summed E-state index contributed by atoms with van der Waals surface area (Å²) in [5.41, 5.74) is 2.57. The summed E-state index contributed by atoms with van der Waals surface area (Å²) in [6, 6.07) is 15.4. The average Bonchev–Trinajstić information content (AvgIpc) is 2.73. The van der Waals surface area contributed by atoms with E-state index in [1.807, 2.05) is 30.3 Å². The first-order valence-electron chi connectivity index (χ1n) is 8.88. The van der Waals surface area contributed by atoms with Crippen molar-refractivity contribution < 1.29 is 4.74 Å². The van der Waals surface area contributed by atoms with Crippen molar-refractivity contribution >= 4 is 44.2 Å². The van der Waals surface area contributed by atoms with E-state index in [1.54, 1.807) is 18.2 Å². The van der Waals surface area contributed by atoms with Crippen LogP contribution in [0.15, 0.2) is 51.7 Å². The van der Waals surface area contributed by atoms with E-state index in [1.165, 1.54) is 0 Å². The molecule has 1 fully saturated rings. The van der Waals surface area contributed by atoms with Crippen LogP contribution < -0.4 is 10.5 Å². The zero-order valence-electron chi connectivity index (χ0n) is 15.0. The molecule has 0 radical (unpaired) electrons. The van der Waals surface area contributed by atoms with Crippen LogP contribution in [-0.2, 0) is 4.74 Å². The van der Waals surface area contributed by atoms with E-state index in [2.05, 4.69) is 36.9 Å². The Kier molecular flexibility index (Phi) is 5.24. The Morgan fingerprint density at radius 2 is 1.96 bits per heavy atom. The van der Waals surface area contributed by atoms with Crippen molar-refractivity contribution in [3.8, 4) is 6.07 Å². The maximum atomic E-state index is 12.4. The Morgan fingerprint density at radius 3 is 2.68 bits per heavy atom. The number of nitrogens with one attached hydrogen (secondary N) is 1. The van der Waals surface area contributed by atoms with E-state index in [9.17, 15) is 10.1 Å². The first-order valence-corrected chi connectivity index (χ1v) is 9.68. The van der Waals surface area contributed by atoms with Crippen molar-refractivity contribution in [2.75, 3.05) is 31.2 Å². The molecule has 28 heavy (non-hydrogen) atoms. The van der Waals surface area contributed by atoms with E-state index in [-0.39, 0.29) is 11.4 Å². The van der Waals surface area contributed by atoms with Crippen LogP contribution in [-0.4, -0.2) is 36.3 Å². The lowest BCUT2D eigenvalue weighted by molar-refractivity contribution is 0.122. The Bertz CT molecular complexity index is 1140. The molecule has 1 saturated heterocycles. The number of halogens is 1. The standard InChI is InChI=1S/C21H17BrN4O2/c22-16-3-6-19-18(12-16)21(27)25-20(24-19)15(13-23)11-14-1-4-17(5-2-14)26-7-9-28-10-8-26/h1-6,11-12H,7-10H2,(H,24,25,27)/b15-11+. The lowest BCUT2D eigenvalue weighted by Crippen LogP contribution is -2.36. The molecule has 0 bridgehead atoms. The second kappa shape index (κ2) is 7.97. The normalized spacial score (nSPS) is 14.9. The molecule has 0 amide bonds. The topological polar surface area (TPSA) is 82.0 Å². The fraction of sp³-hybridized carbons (Fsp3) is 0.190. The van der Waals surface area contributed by atoms with Gasteiger partial charge in [-0.05, 0) is 42.0 Å². The van der Waals surface area contributed by atoms with Gasteiger partial charge in [-0.3, -0.25) is 4.79 Å². The number of allylic oxidation sites excluding steroid dienone is 1. The first-order chi connectivity index (χ1) is 13.6. The minimum atomic E-state index is -0.273. The van der Waals surface area contributed by atoms with E-state index >= 15 is 0 Å². The molecule has 3 aromatic rings. The highest BCUT2D eigenvalue weighted by molar-refractivity contribution is 9.10. The molecule has 1 aromatic heterocycles. The Labute approximate surface area is 170 Å². The number of H-pyrrole nitrogens is 1. The summed E-state index contributed by atoms with van der Waals surface area (Å²) < 4.78 is 6.18. The van der Waals surface area contributed by atoms with Gasteiger partial charge in [0.15, 0.2) is 5.82 Å². The maximum absolute atomic E-state index is 12.4. The van der Waals surface area contributed by atoms with Crippen molar-refractivity contribution in [2.45, 2.75) is 0 Å². The summed E-state index contributed by atoms with van der Waals surface area (Å²) in [6.07, 6.45) is 1.73. The van der Waals surface area contributed by atoms with E-state index in [0.717, 1.165) is 42.0 Å². The fourth-order valence-corrected chi connectivity index (χ4v) is 3.52. The van der Waals surface area contributed by atoms with Crippen molar-refractivity contribution in [1.29, 1.82) is 5.26 Å². The number of rotatable bonds is 3. The highest BCUT2D eigenvalue weighted by Crippen LogP contribution is 2.21. The zero-order chi connectivity index (χ0) is 19.5. The lowest BCUT2D eigenvalue weighted by atomic mass is 10.1. The van der Waals surface area contributed by atoms with Gasteiger partial charge in [0.2, 0.25) is 0 Å². The number of ether oxygens (including phenoxy) is 1. The summed E-state index contributed by atoms with van der Waals surface area (Å²) in [6.45, 7) is 3.21. The molecule has 4 rings (SSSR count). The number of hydrogen-bond acceptors (Lipinski definition) is 5. The molecule has 0 saturated carbocycles. The van der Waals surface area contributed by atoms with Gasteiger partial charge in [0.1, 0.15) is 6.07 Å². The van der Waals surface area contributed by atoms with Gasteiger partial charge in [0.05, 0.1) is 29.7 Å². The summed E-state index contributed by atoms with van der Waals surface area (Å²) in [5, 5.41) is 10.1. The quantitative estimate of drug-likeness (QED) is 0.634. The smallest absolute Gasteiger partial charge is 0.259 e. The van der Waals surface area contributed by atoms with Crippen LogP contribution >= 0.6 is 15.9 Å². The second-order valence-corrected chi connectivity index (χ2v) is 7.35. The van der Waals surface area contributed by atoms with Crippen LogP contribution in [0.3, 0.4) is 0 Å². The average molecular weight is 437 g/mol. The number of aromatic amines is 1. The molecule has 0 aliphatic carbocycles. The zero-order valence-corrected chi connectivity index (χ0v) is 16.6.